The molecular formula is C3H9As. The minimum absolute atomic E-state index is 2.84. The van der Waals surface area contributed by atoms with Gasteiger partial charge in [-0.1, -0.05) is 0 Å². The first kappa shape index (κ1) is 0.366. The molecule has 0 bridgehead atoms. The second-order valence-corrected chi connectivity index (χ2v) is 1.74. The maximum absolute atomic E-state index is 6.88. The van der Waals surface area contributed by atoms with Crippen LogP contribution >= 0.6 is 0 Å². The number of rotatable bonds is 0. The molecule has 26 valence electrons. The topological polar surface area (TPSA) is 0 Å². The molecule has 4 heavy (non-hydrogen) atoms. The van der Waals surface area contributed by atoms with E-state index < -0.39 is 31.6 Å². The summed E-state index contributed by atoms with van der Waals surface area (Å²) in [6.45, 7) is 0. The van der Waals surface area contributed by atoms with Crippen molar-refractivity contribution >= 4 is 14.7 Å². The van der Waals surface area contributed by atoms with Gasteiger partial charge in [0.15, 0.2) is 0 Å². The molecule has 0 N–H and O–H groups in total. The van der Waals surface area contributed by atoms with E-state index in [2.05, 4.69) is 0 Å². The van der Waals surface area contributed by atoms with Crippen molar-refractivity contribution in [3.8, 4) is 0 Å². The Kier molecular flexibility index (Phi) is 0.168. The van der Waals surface area contributed by atoms with Gasteiger partial charge in [-0.2, -0.15) is 0 Å². The Labute approximate surface area is 45.1 Å². The summed E-state index contributed by atoms with van der Waals surface area (Å²) in [5.41, 5.74) is -8.53. The van der Waals surface area contributed by atoms with Crippen molar-refractivity contribution in [1.82, 2.24) is 0 Å². The van der Waals surface area contributed by atoms with Crippen LogP contribution in [0.5, 0.6) is 0 Å². The molecule has 0 aromatic rings. The second kappa shape index (κ2) is 1.84. The molecule has 0 rings (SSSR count). The third kappa shape index (κ3) is 19.9. The number of hydrogen-bond donors (Lipinski definition) is 0. The monoisotopic (exact) mass is 129 g/mol. The van der Waals surface area contributed by atoms with Gasteiger partial charge in [-0.3, -0.25) is 0 Å². The van der Waals surface area contributed by atoms with E-state index in [9.17, 15) is 0 Å². The number of hydrogen-bond acceptors (Lipinski definition) is 0. The molecule has 0 atom stereocenters. The Hall–Kier alpha value is 0.558. The molecule has 0 amide bonds. The van der Waals surface area contributed by atoms with Gasteiger partial charge in [-0.05, 0) is 0 Å². The third-order valence-corrected chi connectivity index (χ3v) is 0. The Morgan fingerprint density at radius 2 is 2.00 bits per heavy atom. The summed E-state index contributed by atoms with van der Waals surface area (Å²) in [6.07, 6.45) is 0. The molecule has 0 aliphatic carbocycles. The van der Waals surface area contributed by atoms with Crippen molar-refractivity contribution in [1.29, 1.82) is 0 Å². The van der Waals surface area contributed by atoms with Gasteiger partial charge in [0.25, 0.3) is 0 Å². The van der Waals surface area contributed by atoms with E-state index in [-0.39, 0.29) is 0 Å². The van der Waals surface area contributed by atoms with Crippen LogP contribution in [0.4, 0.5) is 0 Å². The fourth-order valence-electron chi connectivity index (χ4n) is 0. The summed E-state index contributed by atoms with van der Waals surface area (Å²) in [5, 5.41) is 0. The van der Waals surface area contributed by atoms with Gasteiger partial charge in [0.2, 0.25) is 0 Å². The van der Waals surface area contributed by atoms with Crippen LogP contribution in [0, 0.1) is 0 Å². The Bertz CT molecular complexity index is 137. The molecule has 0 fully saturated rings. The van der Waals surface area contributed by atoms with E-state index in [1.54, 1.807) is 0 Å². The van der Waals surface area contributed by atoms with Gasteiger partial charge in [0, 0.05) is 0 Å². The molecule has 0 radical (unpaired) electrons. The minimum atomic E-state index is -3.88. The SMILES string of the molecule is [2H]C([2H])([2H])[As](C([2H])([2H])[2H])C([2H])([2H])[2H]. The molecule has 1 heteroatoms. The zero-order valence-electron chi connectivity index (χ0n) is 10.9. The standard InChI is InChI=1S/C3H9As/c1-4(2)3/h1-3H3/i1D3,2D3,3D3. The summed E-state index contributed by atoms with van der Waals surface area (Å²) in [5.74, 6) is 0. The Morgan fingerprint density at radius 3 is 2.00 bits per heavy atom. The summed E-state index contributed by atoms with van der Waals surface area (Å²) in [7, 11) is 0. The molecule has 0 saturated carbocycles. The van der Waals surface area contributed by atoms with Crippen molar-refractivity contribution in [3.05, 3.63) is 0 Å². The predicted molar refractivity (Wildman–Crippen MR) is 23.3 cm³/mol. The average Bonchev–Trinajstić information content (AvgIpc) is 1.44. The van der Waals surface area contributed by atoms with E-state index in [1.807, 2.05) is 0 Å². The van der Waals surface area contributed by atoms with Crippen LogP contribution in [-0.2, 0) is 0 Å². The average molecular weight is 129 g/mol. The molecule has 0 heterocycles. The Morgan fingerprint density at radius 1 is 1.50 bits per heavy atom. The summed E-state index contributed by atoms with van der Waals surface area (Å²) >= 11 is -3.88. The molecule has 0 aromatic carbocycles. The van der Waals surface area contributed by atoms with E-state index in [0.717, 1.165) is 0 Å². The first-order chi connectivity index (χ1) is 5.37. The van der Waals surface area contributed by atoms with Crippen molar-refractivity contribution < 1.29 is 12.3 Å². The predicted octanol–water partition coefficient (Wildman–Crippen LogP) is 1.37. The van der Waals surface area contributed by atoms with E-state index >= 15 is 0 Å². The van der Waals surface area contributed by atoms with Gasteiger partial charge in [0.1, 0.15) is 0 Å². The van der Waals surface area contributed by atoms with E-state index in [4.69, 9.17) is 12.3 Å². The van der Waals surface area contributed by atoms with Crippen LogP contribution < -0.4 is 0 Å². The summed E-state index contributed by atoms with van der Waals surface area (Å²) < 4.78 is 61.9. The zero-order chi connectivity index (χ0) is 11.1. The van der Waals surface area contributed by atoms with Crippen LogP contribution in [0.15, 0.2) is 0 Å². The van der Waals surface area contributed by atoms with Crippen LogP contribution in [0.3, 0.4) is 0 Å². The van der Waals surface area contributed by atoms with Crippen molar-refractivity contribution in [3.63, 3.8) is 0 Å². The maximum atomic E-state index is 6.88. The first-order valence-corrected chi connectivity index (χ1v) is 3.49. The van der Waals surface area contributed by atoms with Gasteiger partial charge < -0.3 is 0 Å². The van der Waals surface area contributed by atoms with Gasteiger partial charge in [-0.15, -0.1) is 0 Å². The molecule has 0 saturated heterocycles. The third-order valence-electron chi connectivity index (χ3n) is 0. The Balaban J connectivity index is 5.02. The van der Waals surface area contributed by atoms with Crippen molar-refractivity contribution in [2.75, 3.05) is 0 Å². The molecule has 0 spiro atoms. The van der Waals surface area contributed by atoms with Crippen molar-refractivity contribution in [2.45, 2.75) is 16.9 Å². The van der Waals surface area contributed by atoms with Crippen molar-refractivity contribution in [2.24, 2.45) is 0 Å². The fraction of sp³-hybridized carbons (Fsp3) is 1.00. The van der Waals surface area contributed by atoms with Gasteiger partial charge in [-0.25, -0.2) is 0 Å². The van der Waals surface area contributed by atoms with Crippen LogP contribution in [0.25, 0.3) is 0 Å². The molecule has 0 aliphatic rings. The molecule has 0 aromatic heterocycles. The molecule has 0 nitrogen and oxygen atoms in total. The van der Waals surface area contributed by atoms with Crippen LogP contribution in [0.2, 0.25) is 16.9 Å². The zero-order valence-corrected chi connectivity index (χ0v) is 3.82. The summed E-state index contributed by atoms with van der Waals surface area (Å²) in [4.78, 5) is 0. The first-order valence-electron chi connectivity index (χ1n) is 5.17. The normalized spacial score (nSPS) is 51.8. The van der Waals surface area contributed by atoms with E-state index in [1.165, 1.54) is 0 Å². The molecule has 0 aliphatic heterocycles. The van der Waals surface area contributed by atoms with Gasteiger partial charge >= 0.3 is 43.9 Å². The fourth-order valence-corrected chi connectivity index (χ4v) is 0. The molecular weight excluding hydrogens is 111 g/mol. The van der Waals surface area contributed by atoms with E-state index in [0.29, 0.717) is 0 Å². The van der Waals surface area contributed by atoms with Crippen LogP contribution in [0.1, 0.15) is 12.3 Å². The second-order valence-electron chi connectivity index (χ2n) is 0.335. The quantitative estimate of drug-likeness (QED) is 0.433. The molecule has 0 unspecified atom stereocenters. The summed E-state index contributed by atoms with van der Waals surface area (Å²) in [6, 6.07) is 0. The van der Waals surface area contributed by atoms with Gasteiger partial charge in [0.05, 0.1) is 0 Å². The van der Waals surface area contributed by atoms with Crippen LogP contribution in [-0.4, -0.2) is 14.7 Å².